The summed E-state index contributed by atoms with van der Waals surface area (Å²) in [5, 5.41) is 2.33. The van der Waals surface area contributed by atoms with Gasteiger partial charge in [0.2, 0.25) is 5.89 Å². The third kappa shape index (κ3) is 3.60. The molecule has 0 aliphatic heterocycles. The second-order valence-electron chi connectivity index (χ2n) is 9.76. The number of benzene rings is 4. The zero-order valence-electron chi connectivity index (χ0n) is 21.4. The van der Waals surface area contributed by atoms with Crippen LogP contribution in [0, 0.1) is 0 Å². The molecule has 0 N–H and O–H groups in total. The summed E-state index contributed by atoms with van der Waals surface area (Å²) < 4.78 is 8.49. The van der Waals surface area contributed by atoms with Crippen molar-refractivity contribution in [2.24, 2.45) is 0 Å². The van der Waals surface area contributed by atoms with Crippen molar-refractivity contribution in [3.05, 3.63) is 134 Å². The molecule has 0 saturated heterocycles. The first-order chi connectivity index (χ1) is 19.8. The van der Waals surface area contributed by atoms with Crippen LogP contribution in [0.2, 0.25) is 0 Å². The molecule has 0 spiro atoms. The minimum Gasteiger partial charge on any atom is -0.436 e. The molecule has 8 rings (SSSR count). The molecule has 0 amide bonds. The normalized spacial score (nSPS) is 11.5. The van der Waals surface area contributed by atoms with E-state index in [2.05, 4.69) is 81.3 Å². The van der Waals surface area contributed by atoms with E-state index in [0.29, 0.717) is 5.89 Å². The Hall–Kier alpha value is -5.55. The highest BCUT2D eigenvalue weighted by molar-refractivity contribution is 6.14. The van der Waals surface area contributed by atoms with E-state index in [1.165, 1.54) is 5.39 Å². The van der Waals surface area contributed by atoms with Crippen LogP contribution >= 0.6 is 0 Å². The smallest absolute Gasteiger partial charge is 0.227 e. The van der Waals surface area contributed by atoms with Crippen LogP contribution in [0.3, 0.4) is 0 Å². The Kier molecular flexibility index (Phi) is 5.07. The molecule has 0 aliphatic rings. The summed E-state index contributed by atoms with van der Waals surface area (Å²) in [4.78, 5) is 13.8. The van der Waals surface area contributed by atoms with Gasteiger partial charge in [-0.1, -0.05) is 60.7 Å². The molecule has 188 valence electrons. The number of nitrogens with zero attached hydrogens (tertiary/aromatic N) is 4. The highest BCUT2D eigenvalue weighted by atomic mass is 16.3. The first kappa shape index (κ1) is 22.4. The maximum Gasteiger partial charge on any atom is 0.227 e. The van der Waals surface area contributed by atoms with E-state index in [4.69, 9.17) is 9.40 Å². The quantitative estimate of drug-likeness (QED) is 0.236. The molecule has 5 nitrogen and oxygen atoms in total. The van der Waals surface area contributed by atoms with Crippen molar-refractivity contribution >= 4 is 32.9 Å². The van der Waals surface area contributed by atoms with Gasteiger partial charge < -0.3 is 8.98 Å². The van der Waals surface area contributed by atoms with Crippen LogP contribution in [0.4, 0.5) is 0 Å². The molecular formula is C35H22N4O. The summed E-state index contributed by atoms with van der Waals surface area (Å²) in [5.74, 6) is 0.606. The summed E-state index contributed by atoms with van der Waals surface area (Å²) in [7, 11) is 0. The average molecular weight is 515 g/mol. The van der Waals surface area contributed by atoms with E-state index in [-0.39, 0.29) is 0 Å². The number of pyridine rings is 2. The lowest BCUT2D eigenvalue weighted by Crippen LogP contribution is -1.97. The van der Waals surface area contributed by atoms with Gasteiger partial charge in [0.25, 0.3) is 0 Å². The van der Waals surface area contributed by atoms with E-state index in [0.717, 1.165) is 61.2 Å². The van der Waals surface area contributed by atoms with Gasteiger partial charge >= 0.3 is 0 Å². The van der Waals surface area contributed by atoms with E-state index in [1.54, 1.807) is 0 Å². The maximum absolute atomic E-state index is 6.16. The van der Waals surface area contributed by atoms with Crippen molar-refractivity contribution < 1.29 is 4.42 Å². The number of hydrogen-bond donors (Lipinski definition) is 0. The minimum absolute atomic E-state index is 0.606. The Morgan fingerprint density at radius 2 is 1.52 bits per heavy atom. The topological polar surface area (TPSA) is 56.7 Å². The zero-order valence-corrected chi connectivity index (χ0v) is 21.4. The second kappa shape index (κ2) is 9.03. The molecule has 4 heterocycles. The second-order valence-corrected chi connectivity index (χ2v) is 9.76. The van der Waals surface area contributed by atoms with Gasteiger partial charge in [0.05, 0.1) is 16.7 Å². The van der Waals surface area contributed by atoms with Crippen LogP contribution in [0.25, 0.3) is 72.4 Å². The summed E-state index contributed by atoms with van der Waals surface area (Å²) >= 11 is 0. The number of fused-ring (bicyclic) bond motifs is 4. The van der Waals surface area contributed by atoms with Gasteiger partial charge in [0.15, 0.2) is 5.58 Å². The van der Waals surface area contributed by atoms with E-state index >= 15 is 0 Å². The Balaban J connectivity index is 1.44. The lowest BCUT2D eigenvalue weighted by atomic mass is 10.0. The first-order valence-electron chi connectivity index (χ1n) is 13.2. The molecule has 0 aliphatic carbocycles. The molecule has 4 aromatic carbocycles. The zero-order chi connectivity index (χ0) is 26.5. The molecule has 0 fully saturated rings. The molecule has 0 radical (unpaired) electrons. The lowest BCUT2D eigenvalue weighted by molar-refractivity contribution is 0.620. The van der Waals surface area contributed by atoms with Gasteiger partial charge in [-0.25, -0.2) is 4.98 Å². The van der Waals surface area contributed by atoms with Gasteiger partial charge in [-0.3, -0.25) is 9.97 Å². The van der Waals surface area contributed by atoms with Crippen molar-refractivity contribution in [1.82, 2.24) is 19.5 Å². The molecule has 40 heavy (non-hydrogen) atoms. The molecule has 0 saturated carbocycles. The Morgan fingerprint density at radius 1 is 0.625 bits per heavy atom. The largest absolute Gasteiger partial charge is 0.436 e. The van der Waals surface area contributed by atoms with Crippen LogP contribution in [0.5, 0.6) is 0 Å². The van der Waals surface area contributed by atoms with E-state index in [1.807, 2.05) is 67.1 Å². The number of hydrogen-bond acceptors (Lipinski definition) is 4. The monoisotopic (exact) mass is 514 g/mol. The van der Waals surface area contributed by atoms with Gasteiger partial charge in [-0.05, 0) is 54.6 Å². The standard InChI is InChI=1S/C35H22N4O/c1-2-15-33-31(14-1)38-35(40-33)24-16-17-28-29-12-6-11-27(25-9-7-18-36-22-25)34(29)39(32(28)21-24)26-10-5-8-23(20-26)30-13-3-4-19-37-30/h1-22H. The van der Waals surface area contributed by atoms with Crippen molar-refractivity contribution in [1.29, 1.82) is 0 Å². The summed E-state index contributed by atoms with van der Waals surface area (Å²) in [6.07, 6.45) is 5.56. The van der Waals surface area contributed by atoms with Gasteiger partial charge in [-0.2, -0.15) is 0 Å². The Labute approximate surface area is 230 Å². The number of aromatic nitrogens is 4. The Morgan fingerprint density at radius 3 is 2.40 bits per heavy atom. The Bertz CT molecular complexity index is 2130. The first-order valence-corrected chi connectivity index (χ1v) is 13.2. The van der Waals surface area contributed by atoms with Gasteiger partial charge in [-0.15, -0.1) is 0 Å². The fourth-order valence-electron chi connectivity index (χ4n) is 5.56. The summed E-state index contributed by atoms with van der Waals surface area (Å²) in [5.41, 5.74) is 9.98. The molecule has 0 atom stereocenters. The van der Waals surface area contributed by atoms with Crippen LogP contribution < -0.4 is 0 Å². The lowest BCUT2D eigenvalue weighted by Gasteiger charge is -2.13. The van der Waals surface area contributed by atoms with Gasteiger partial charge in [0.1, 0.15) is 5.52 Å². The van der Waals surface area contributed by atoms with Crippen LogP contribution in [-0.4, -0.2) is 19.5 Å². The van der Waals surface area contributed by atoms with Crippen molar-refractivity contribution in [3.8, 4) is 39.5 Å². The third-order valence-corrected chi connectivity index (χ3v) is 7.37. The SMILES string of the molecule is c1ccc(-c2cccc(-n3c4cc(-c5nc6ccccc6o5)ccc4c4cccc(-c5cccnc5)c43)c2)nc1. The maximum atomic E-state index is 6.16. The van der Waals surface area contributed by atoms with E-state index < -0.39 is 0 Å². The highest BCUT2D eigenvalue weighted by Gasteiger charge is 2.19. The molecular weight excluding hydrogens is 492 g/mol. The minimum atomic E-state index is 0.606. The number of para-hydroxylation sites is 3. The fraction of sp³-hybridized carbons (Fsp3) is 0. The predicted octanol–water partition coefficient (Wildman–Crippen LogP) is 8.72. The van der Waals surface area contributed by atoms with Crippen LogP contribution in [-0.2, 0) is 0 Å². The average Bonchev–Trinajstić information content (AvgIpc) is 3.61. The van der Waals surface area contributed by atoms with Crippen LogP contribution in [0.1, 0.15) is 0 Å². The van der Waals surface area contributed by atoms with Gasteiger partial charge in [0, 0.05) is 57.3 Å². The molecule has 0 bridgehead atoms. The molecule has 8 aromatic rings. The highest BCUT2D eigenvalue weighted by Crippen LogP contribution is 2.40. The predicted molar refractivity (Wildman–Crippen MR) is 160 cm³/mol. The van der Waals surface area contributed by atoms with E-state index in [9.17, 15) is 0 Å². The van der Waals surface area contributed by atoms with Crippen molar-refractivity contribution in [3.63, 3.8) is 0 Å². The van der Waals surface area contributed by atoms with Crippen LogP contribution in [0.15, 0.2) is 138 Å². The molecule has 4 aromatic heterocycles. The van der Waals surface area contributed by atoms with Crippen molar-refractivity contribution in [2.75, 3.05) is 0 Å². The number of rotatable bonds is 4. The molecule has 5 heteroatoms. The number of oxazole rings is 1. The summed E-state index contributed by atoms with van der Waals surface area (Å²) in [6.45, 7) is 0. The summed E-state index contributed by atoms with van der Waals surface area (Å²) in [6, 6.07) is 39.4. The third-order valence-electron chi connectivity index (χ3n) is 7.37. The fourth-order valence-corrected chi connectivity index (χ4v) is 5.56. The van der Waals surface area contributed by atoms with Crippen molar-refractivity contribution in [2.45, 2.75) is 0 Å². The molecule has 0 unspecified atom stereocenters.